The van der Waals surface area contributed by atoms with Gasteiger partial charge < -0.3 is 9.32 Å². The van der Waals surface area contributed by atoms with Crippen LogP contribution in [0.15, 0.2) is 45.6 Å². The molecule has 5 nitrogen and oxygen atoms in total. The zero-order chi connectivity index (χ0) is 14.4. The van der Waals surface area contributed by atoms with Gasteiger partial charge in [0.05, 0.1) is 11.8 Å². The average molecular weight is 346 g/mol. The predicted molar refractivity (Wildman–Crippen MR) is 80.0 cm³/mol. The zero-order valence-corrected chi connectivity index (χ0v) is 12.7. The molecule has 0 atom stereocenters. The van der Waals surface area contributed by atoms with Crippen molar-refractivity contribution in [1.29, 1.82) is 0 Å². The lowest BCUT2D eigenvalue weighted by atomic mass is 10.1. The van der Waals surface area contributed by atoms with Crippen molar-refractivity contribution in [2.45, 2.75) is 13.0 Å². The van der Waals surface area contributed by atoms with E-state index in [-0.39, 0.29) is 5.91 Å². The first kappa shape index (κ1) is 12.6. The van der Waals surface area contributed by atoms with Gasteiger partial charge in [-0.1, -0.05) is 0 Å². The van der Waals surface area contributed by atoms with E-state index in [0.29, 0.717) is 18.8 Å². The van der Waals surface area contributed by atoms with Gasteiger partial charge in [-0.2, -0.15) is 5.10 Å². The van der Waals surface area contributed by atoms with Crippen LogP contribution in [-0.4, -0.2) is 27.0 Å². The number of pyridine rings is 1. The summed E-state index contributed by atoms with van der Waals surface area (Å²) in [6.45, 7) is 1.25. The smallest absolute Gasteiger partial charge is 0.274 e. The molecule has 0 unspecified atom stereocenters. The lowest BCUT2D eigenvalue weighted by molar-refractivity contribution is 0.0723. The van der Waals surface area contributed by atoms with Gasteiger partial charge in [0, 0.05) is 35.7 Å². The minimum Gasteiger partial charge on any atom is -0.469 e. The Kier molecular flexibility index (Phi) is 2.85. The molecule has 0 bridgehead atoms. The quantitative estimate of drug-likeness (QED) is 0.681. The summed E-state index contributed by atoms with van der Waals surface area (Å²) < 4.78 is 8.03. The van der Waals surface area contributed by atoms with Crippen LogP contribution in [0.5, 0.6) is 0 Å². The second kappa shape index (κ2) is 4.73. The summed E-state index contributed by atoms with van der Waals surface area (Å²) in [4.78, 5) is 14.4. The van der Waals surface area contributed by atoms with E-state index in [1.54, 1.807) is 10.8 Å². The van der Waals surface area contributed by atoms with E-state index >= 15 is 0 Å². The maximum atomic E-state index is 12.6. The van der Waals surface area contributed by atoms with E-state index in [4.69, 9.17) is 4.42 Å². The maximum Gasteiger partial charge on any atom is 0.274 e. The molecule has 4 rings (SSSR count). The van der Waals surface area contributed by atoms with Crippen LogP contribution in [0, 0.1) is 0 Å². The molecule has 21 heavy (non-hydrogen) atoms. The van der Waals surface area contributed by atoms with Gasteiger partial charge in [0.25, 0.3) is 5.91 Å². The van der Waals surface area contributed by atoms with Gasteiger partial charge in [-0.25, -0.2) is 4.52 Å². The van der Waals surface area contributed by atoms with Gasteiger partial charge in [0.2, 0.25) is 0 Å². The summed E-state index contributed by atoms with van der Waals surface area (Å²) in [5.74, 6) is 0.944. The van der Waals surface area contributed by atoms with Crippen molar-refractivity contribution in [3.8, 4) is 0 Å². The Labute approximate surface area is 129 Å². The second-order valence-electron chi connectivity index (χ2n) is 5.09. The third-order valence-corrected chi connectivity index (χ3v) is 4.21. The number of rotatable bonds is 1. The molecule has 3 aromatic heterocycles. The standard InChI is InChI=1S/C15H12BrN3O2/c16-11-1-2-12-7-13(17-19(12)9-11)15(20)18-5-3-14-10(8-18)4-6-21-14/h1-2,4,6-7,9H,3,5,8H2. The number of carbonyl (C=O) groups is 1. The van der Waals surface area contributed by atoms with Gasteiger partial charge in [-0.15, -0.1) is 0 Å². The molecule has 0 aromatic carbocycles. The molecular formula is C15H12BrN3O2. The van der Waals surface area contributed by atoms with E-state index < -0.39 is 0 Å². The minimum atomic E-state index is -0.0401. The van der Waals surface area contributed by atoms with Crippen LogP contribution in [0.25, 0.3) is 5.52 Å². The maximum absolute atomic E-state index is 12.6. The second-order valence-corrected chi connectivity index (χ2v) is 6.01. The summed E-state index contributed by atoms with van der Waals surface area (Å²) in [5, 5.41) is 4.36. The van der Waals surface area contributed by atoms with E-state index in [9.17, 15) is 4.79 Å². The number of hydrogen-bond donors (Lipinski definition) is 0. The van der Waals surface area contributed by atoms with Gasteiger partial charge in [0.1, 0.15) is 5.76 Å². The topological polar surface area (TPSA) is 50.8 Å². The van der Waals surface area contributed by atoms with Crippen molar-refractivity contribution in [3.63, 3.8) is 0 Å². The van der Waals surface area contributed by atoms with E-state index in [1.165, 1.54) is 0 Å². The summed E-state index contributed by atoms with van der Waals surface area (Å²) in [5.41, 5.74) is 2.46. The Bertz CT molecular complexity index is 836. The predicted octanol–water partition coefficient (Wildman–Crippen LogP) is 2.89. The molecule has 0 fully saturated rings. The largest absolute Gasteiger partial charge is 0.469 e. The fourth-order valence-electron chi connectivity index (χ4n) is 2.65. The number of halogens is 1. The summed E-state index contributed by atoms with van der Waals surface area (Å²) >= 11 is 3.40. The van der Waals surface area contributed by atoms with Crippen molar-refractivity contribution in [2.75, 3.05) is 6.54 Å². The van der Waals surface area contributed by atoms with Crippen molar-refractivity contribution >= 4 is 27.4 Å². The molecule has 0 saturated carbocycles. The summed E-state index contributed by atoms with van der Waals surface area (Å²) in [6.07, 6.45) is 4.28. The Morgan fingerprint density at radius 2 is 2.24 bits per heavy atom. The number of aromatic nitrogens is 2. The fourth-order valence-corrected chi connectivity index (χ4v) is 2.98. The zero-order valence-electron chi connectivity index (χ0n) is 11.1. The molecule has 6 heteroatoms. The van der Waals surface area contributed by atoms with Crippen LogP contribution in [0.3, 0.4) is 0 Å². The lowest BCUT2D eigenvalue weighted by Crippen LogP contribution is -2.35. The van der Waals surface area contributed by atoms with Crippen LogP contribution in [0.4, 0.5) is 0 Å². The highest BCUT2D eigenvalue weighted by Crippen LogP contribution is 2.21. The Hall–Kier alpha value is -2.08. The third-order valence-electron chi connectivity index (χ3n) is 3.74. The van der Waals surface area contributed by atoms with Crippen LogP contribution in [0.1, 0.15) is 21.8 Å². The fraction of sp³-hybridized carbons (Fsp3) is 0.200. The van der Waals surface area contributed by atoms with Crippen LogP contribution in [0.2, 0.25) is 0 Å². The van der Waals surface area contributed by atoms with Crippen LogP contribution < -0.4 is 0 Å². The van der Waals surface area contributed by atoms with E-state index in [0.717, 1.165) is 27.7 Å². The molecule has 1 aliphatic heterocycles. The molecular weight excluding hydrogens is 334 g/mol. The van der Waals surface area contributed by atoms with Gasteiger partial charge in [-0.3, -0.25) is 4.79 Å². The van der Waals surface area contributed by atoms with Gasteiger partial charge >= 0.3 is 0 Å². The highest BCUT2D eigenvalue weighted by atomic mass is 79.9. The lowest BCUT2D eigenvalue weighted by Gasteiger charge is -2.25. The number of fused-ring (bicyclic) bond motifs is 2. The van der Waals surface area contributed by atoms with Crippen LogP contribution >= 0.6 is 15.9 Å². The molecule has 0 radical (unpaired) electrons. The first-order valence-corrected chi connectivity index (χ1v) is 7.49. The van der Waals surface area contributed by atoms with Crippen molar-refractivity contribution < 1.29 is 9.21 Å². The first-order chi connectivity index (χ1) is 10.2. The summed E-state index contributed by atoms with van der Waals surface area (Å²) in [6, 6.07) is 7.61. The highest BCUT2D eigenvalue weighted by Gasteiger charge is 2.25. The first-order valence-electron chi connectivity index (χ1n) is 6.70. The van der Waals surface area contributed by atoms with Gasteiger partial charge in [0.15, 0.2) is 5.69 Å². The normalized spacial score (nSPS) is 14.4. The van der Waals surface area contributed by atoms with Crippen molar-refractivity contribution in [3.05, 3.63) is 58.2 Å². The molecule has 4 heterocycles. The Morgan fingerprint density at radius 1 is 1.33 bits per heavy atom. The number of amides is 1. The molecule has 0 aliphatic carbocycles. The molecule has 0 N–H and O–H groups in total. The number of carbonyl (C=O) groups excluding carboxylic acids is 1. The summed E-state index contributed by atoms with van der Waals surface area (Å²) in [7, 11) is 0. The SMILES string of the molecule is O=C(c1cc2ccc(Br)cn2n1)N1CCc2occc2C1. The number of hydrogen-bond acceptors (Lipinski definition) is 3. The van der Waals surface area contributed by atoms with Crippen molar-refractivity contribution in [1.82, 2.24) is 14.5 Å². The van der Waals surface area contributed by atoms with Crippen LogP contribution in [-0.2, 0) is 13.0 Å². The van der Waals surface area contributed by atoms with Crippen molar-refractivity contribution in [2.24, 2.45) is 0 Å². The third kappa shape index (κ3) is 2.15. The molecule has 1 amide bonds. The molecule has 3 aromatic rings. The van der Waals surface area contributed by atoms with E-state index in [2.05, 4.69) is 21.0 Å². The Morgan fingerprint density at radius 3 is 3.14 bits per heavy atom. The van der Waals surface area contributed by atoms with E-state index in [1.807, 2.05) is 35.4 Å². The highest BCUT2D eigenvalue weighted by molar-refractivity contribution is 9.10. The molecule has 106 valence electrons. The molecule has 0 saturated heterocycles. The van der Waals surface area contributed by atoms with Gasteiger partial charge in [-0.05, 0) is 40.2 Å². The average Bonchev–Trinajstić information content (AvgIpc) is 3.11. The Balaban J connectivity index is 1.64. The minimum absolute atomic E-state index is 0.0401. The number of furan rings is 1. The monoisotopic (exact) mass is 345 g/mol. The number of nitrogens with zero attached hydrogens (tertiary/aromatic N) is 3. The molecule has 1 aliphatic rings. The molecule has 0 spiro atoms.